The smallest absolute Gasteiger partial charge is 0.289 e. The van der Waals surface area contributed by atoms with Gasteiger partial charge in [0.2, 0.25) is 5.89 Å². The first-order chi connectivity index (χ1) is 12.0. The number of aromatic nitrogens is 2. The molecule has 0 N–H and O–H groups in total. The minimum atomic E-state index is -0.0787. The topological polar surface area (TPSA) is 72.4 Å². The van der Waals surface area contributed by atoms with Crippen molar-refractivity contribution >= 4 is 28.5 Å². The van der Waals surface area contributed by atoms with Crippen molar-refractivity contribution in [2.24, 2.45) is 0 Å². The Balaban J connectivity index is 1.52. The highest BCUT2D eigenvalue weighted by Crippen LogP contribution is 2.31. The highest BCUT2D eigenvalue weighted by Gasteiger charge is 2.30. The molecule has 130 valence electrons. The predicted molar refractivity (Wildman–Crippen MR) is 92.9 cm³/mol. The van der Waals surface area contributed by atoms with E-state index in [2.05, 4.69) is 10.1 Å². The molecule has 4 rings (SSSR count). The molecule has 1 aliphatic heterocycles. The number of fused-ring (bicyclic) bond motifs is 1. The molecule has 6 nitrogen and oxygen atoms in total. The minimum absolute atomic E-state index is 0.0787. The predicted octanol–water partition coefficient (Wildman–Crippen LogP) is 4.11. The number of carbonyl (C=O) groups is 1. The molecule has 3 heterocycles. The maximum absolute atomic E-state index is 12.9. The van der Waals surface area contributed by atoms with Gasteiger partial charge in [-0.25, -0.2) is 0 Å². The lowest BCUT2D eigenvalue weighted by Crippen LogP contribution is -2.38. The van der Waals surface area contributed by atoms with Crippen molar-refractivity contribution in [3.63, 3.8) is 0 Å². The van der Waals surface area contributed by atoms with E-state index in [1.165, 1.54) is 0 Å². The lowest BCUT2D eigenvalue weighted by Gasteiger charge is -2.29. The molecular weight excluding hydrogens is 342 g/mol. The number of rotatable bonds is 2. The van der Waals surface area contributed by atoms with Crippen LogP contribution >= 0.6 is 11.6 Å². The molecule has 7 heteroatoms. The summed E-state index contributed by atoms with van der Waals surface area (Å²) < 4.78 is 11.1. The molecule has 0 saturated carbocycles. The lowest BCUT2D eigenvalue weighted by molar-refractivity contribution is 0.0674. The fourth-order valence-electron chi connectivity index (χ4n) is 3.35. The number of furan rings is 1. The number of piperidine rings is 1. The van der Waals surface area contributed by atoms with Gasteiger partial charge in [0.25, 0.3) is 5.91 Å². The zero-order chi connectivity index (χ0) is 17.6. The molecule has 0 bridgehead atoms. The van der Waals surface area contributed by atoms with Crippen LogP contribution in [0.3, 0.4) is 0 Å². The monoisotopic (exact) mass is 359 g/mol. The van der Waals surface area contributed by atoms with Crippen LogP contribution in [0.25, 0.3) is 11.0 Å². The zero-order valence-corrected chi connectivity index (χ0v) is 14.8. The van der Waals surface area contributed by atoms with Gasteiger partial charge in [0, 0.05) is 35.0 Å². The van der Waals surface area contributed by atoms with E-state index < -0.39 is 0 Å². The summed E-state index contributed by atoms with van der Waals surface area (Å²) in [5.74, 6) is 1.83. The van der Waals surface area contributed by atoms with Crippen LogP contribution in [0.2, 0.25) is 5.02 Å². The molecule has 0 spiro atoms. The summed E-state index contributed by atoms with van der Waals surface area (Å²) in [4.78, 5) is 19.0. The van der Waals surface area contributed by atoms with E-state index in [9.17, 15) is 4.79 Å². The molecular formula is C18H18ClN3O3. The Hall–Kier alpha value is -2.34. The van der Waals surface area contributed by atoms with E-state index in [0.717, 1.165) is 23.8 Å². The highest BCUT2D eigenvalue weighted by molar-refractivity contribution is 6.31. The van der Waals surface area contributed by atoms with Crippen molar-refractivity contribution in [3.05, 3.63) is 46.3 Å². The summed E-state index contributed by atoms with van der Waals surface area (Å²) in [7, 11) is 0. The molecule has 0 aliphatic carbocycles. The molecule has 1 aliphatic rings. The van der Waals surface area contributed by atoms with Crippen molar-refractivity contribution in [3.8, 4) is 0 Å². The number of carbonyl (C=O) groups excluding carboxylic acids is 1. The molecule has 1 aromatic carbocycles. The fraction of sp³-hybridized carbons (Fsp3) is 0.389. The molecule has 0 atom stereocenters. The molecule has 25 heavy (non-hydrogen) atoms. The summed E-state index contributed by atoms with van der Waals surface area (Å²) in [6.45, 7) is 4.98. The molecule has 1 fully saturated rings. The summed E-state index contributed by atoms with van der Waals surface area (Å²) in [6.07, 6.45) is 1.61. The van der Waals surface area contributed by atoms with Crippen LogP contribution < -0.4 is 0 Å². The van der Waals surface area contributed by atoms with Gasteiger partial charge in [-0.05, 0) is 44.9 Å². The Morgan fingerprint density at radius 2 is 2.04 bits per heavy atom. The van der Waals surface area contributed by atoms with Crippen molar-refractivity contribution in [1.82, 2.24) is 15.0 Å². The molecule has 2 aromatic heterocycles. The second kappa shape index (κ2) is 6.19. The standard InChI is InChI=1S/C18H18ClN3O3/c1-10-14-9-13(19)3-4-15(14)24-16(10)18(23)22-7-5-12(6-8-22)17-20-11(2)21-25-17/h3-4,9,12H,5-8H2,1-2H3. The van der Waals surface area contributed by atoms with Gasteiger partial charge in [0.15, 0.2) is 11.6 Å². The Morgan fingerprint density at radius 3 is 2.72 bits per heavy atom. The number of hydrogen-bond donors (Lipinski definition) is 0. The Kier molecular flexibility index (Phi) is 4.00. The van der Waals surface area contributed by atoms with Gasteiger partial charge in [0.05, 0.1) is 0 Å². The maximum atomic E-state index is 12.9. The molecule has 1 saturated heterocycles. The third-order valence-corrected chi connectivity index (χ3v) is 5.00. The summed E-state index contributed by atoms with van der Waals surface area (Å²) in [5.41, 5.74) is 1.51. The minimum Gasteiger partial charge on any atom is -0.451 e. The Bertz CT molecular complexity index is 938. The number of aryl methyl sites for hydroxylation is 2. The second-order valence-corrected chi connectivity index (χ2v) is 6.88. The molecule has 1 amide bonds. The van der Waals surface area contributed by atoms with Crippen molar-refractivity contribution in [2.45, 2.75) is 32.6 Å². The van der Waals surface area contributed by atoms with Crippen LogP contribution in [0.1, 0.15) is 46.6 Å². The van der Waals surface area contributed by atoms with Gasteiger partial charge in [-0.3, -0.25) is 4.79 Å². The largest absolute Gasteiger partial charge is 0.451 e. The van der Waals surface area contributed by atoms with E-state index >= 15 is 0 Å². The average molecular weight is 360 g/mol. The van der Waals surface area contributed by atoms with Gasteiger partial charge in [-0.2, -0.15) is 4.98 Å². The molecule has 3 aromatic rings. The SMILES string of the molecule is Cc1noc(C2CCN(C(=O)c3oc4ccc(Cl)cc4c3C)CC2)n1. The number of benzene rings is 1. The maximum Gasteiger partial charge on any atom is 0.289 e. The number of likely N-dealkylation sites (tertiary alicyclic amines) is 1. The average Bonchev–Trinajstić information content (AvgIpc) is 3.19. The first kappa shape index (κ1) is 16.1. The third-order valence-electron chi connectivity index (χ3n) is 4.77. The number of amides is 1. The van der Waals surface area contributed by atoms with Crippen LogP contribution in [-0.4, -0.2) is 34.0 Å². The van der Waals surface area contributed by atoms with Gasteiger partial charge >= 0.3 is 0 Å². The van der Waals surface area contributed by atoms with Crippen LogP contribution in [-0.2, 0) is 0 Å². The third kappa shape index (κ3) is 2.91. The first-order valence-corrected chi connectivity index (χ1v) is 8.69. The Morgan fingerprint density at radius 1 is 1.28 bits per heavy atom. The number of hydrogen-bond acceptors (Lipinski definition) is 5. The normalized spacial score (nSPS) is 15.9. The lowest BCUT2D eigenvalue weighted by atomic mass is 9.96. The second-order valence-electron chi connectivity index (χ2n) is 6.44. The molecule has 0 unspecified atom stereocenters. The van der Waals surface area contributed by atoms with Crippen LogP contribution in [0.15, 0.2) is 27.1 Å². The van der Waals surface area contributed by atoms with Crippen LogP contribution in [0.4, 0.5) is 0 Å². The van der Waals surface area contributed by atoms with Crippen LogP contribution in [0.5, 0.6) is 0 Å². The van der Waals surface area contributed by atoms with Crippen molar-refractivity contribution in [1.29, 1.82) is 0 Å². The van der Waals surface area contributed by atoms with Crippen molar-refractivity contribution in [2.75, 3.05) is 13.1 Å². The van der Waals surface area contributed by atoms with E-state index in [1.807, 2.05) is 24.8 Å². The van der Waals surface area contributed by atoms with E-state index in [4.69, 9.17) is 20.5 Å². The van der Waals surface area contributed by atoms with E-state index in [-0.39, 0.29) is 11.8 Å². The van der Waals surface area contributed by atoms with Gasteiger partial charge in [-0.1, -0.05) is 16.8 Å². The summed E-state index contributed by atoms with van der Waals surface area (Å²) in [5, 5.41) is 5.36. The van der Waals surface area contributed by atoms with Gasteiger partial charge < -0.3 is 13.8 Å². The van der Waals surface area contributed by atoms with E-state index in [0.29, 0.717) is 41.2 Å². The van der Waals surface area contributed by atoms with Gasteiger partial charge in [0.1, 0.15) is 5.58 Å². The Labute approximate surface area is 149 Å². The number of halogens is 1. The molecule has 0 radical (unpaired) electrons. The zero-order valence-electron chi connectivity index (χ0n) is 14.1. The van der Waals surface area contributed by atoms with Crippen molar-refractivity contribution < 1.29 is 13.7 Å². The van der Waals surface area contributed by atoms with Gasteiger partial charge in [-0.15, -0.1) is 0 Å². The quantitative estimate of drug-likeness (QED) is 0.688. The fourth-order valence-corrected chi connectivity index (χ4v) is 3.52. The number of nitrogens with zero attached hydrogens (tertiary/aromatic N) is 3. The first-order valence-electron chi connectivity index (χ1n) is 8.31. The van der Waals surface area contributed by atoms with Crippen LogP contribution in [0, 0.1) is 13.8 Å². The van der Waals surface area contributed by atoms with E-state index in [1.54, 1.807) is 12.1 Å². The highest BCUT2D eigenvalue weighted by atomic mass is 35.5. The summed E-state index contributed by atoms with van der Waals surface area (Å²) >= 11 is 6.05. The summed E-state index contributed by atoms with van der Waals surface area (Å²) in [6, 6.07) is 5.39.